The first-order chi connectivity index (χ1) is 11.4. The van der Waals surface area contributed by atoms with E-state index in [-0.39, 0.29) is 18.9 Å². The van der Waals surface area contributed by atoms with Crippen LogP contribution in [0.5, 0.6) is 0 Å². The fraction of sp³-hybridized carbons (Fsp3) is 0.647. The molecule has 134 valence electrons. The summed E-state index contributed by atoms with van der Waals surface area (Å²) in [4.78, 5) is 8.18. The van der Waals surface area contributed by atoms with Crippen molar-refractivity contribution in [2.45, 2.75) is 51.2 Å². The number of pyridine rings is 1. The minimum Gasteiger partial charge on any atom is -0.356 e. The smallest absolute Gasteiger partial charge is 0.356 e. The Hall–Kier alpha value is -1.79. The Morgan fingerprint density at radius 1 is 1.38 bits per heavy atom. The molecule has 0 aromatic carbocycles. The molecule has 0 amide bonds. The maximum atomic E-state index is 12.9. The van der Waals surface area contributed by atoms with Crippen molar-refractivity contribution in [2.24, 2.45) is 10.9 Å². The Balaban J connectivity index is 1.81. The lowest BCUT2D eigenvalue weighted by atomic mass is 9.85. The number of nitrogens with one attached hydrogen (secondary N) is 2. The molecule has 7 heteroatoms. The van der Waals surface area contributed by atoms with Crippen molar-refractivity contribution in [1.29, 1.82) is 0 Å². The molecule has 1 fully saturated rings. The minimum atomic E-state index is -4.10. The Labute approximate surface area is 141 Å². The lowest BCUT2D eigenvalue weighted by molar-refractivity contribution is -0.183. The maximum absolute atomic E-state index is 12.9. The molecule has 1 aromatic rings. The summed E-state index contributed by atoms with van der Waals surface area (Å²) in [5.74, 6) is -0.643. The summed E-state index contributed by atoms with van der Waals surface area (Å²) in [6, 6.07) is 1.79. The normalized spacial score (nSPS) is 22.3. The van der Waals surface area contributed by atoms with E-state index in [2.05, 4.69) is 20.6 Å². The number of guanidine groups is 1. The molecule has 2 atom stereocenters. The molecule has 0 bridgehead atoms. The molecular formula is C17H25F3N4. The van der Waals surface area contributed by atoms with Gasteiger partial charge in [-0.15, -0.1) is 0 Å². The fourth-order valence-electron chi connectivity index (χ4n) is 3.10. The van der Waals surface area contributed by atoms with Crippen LogP contribution in [0, 0.1) is 12.8 Å². The third kappa shape index (κ3) is 5.39. The van der Waals surface area contributed by atoms with Crippen LogP contribution in [0.4, 0.5) is 13.2 Å². The summed E-state index contributed by atoms with van der Waals surface area (Å²) in [6.45, 7) is 2.68. The fourth-order valence-corrected chi connectivity index (χ4v) is 3.10. The van der Waals surface area contributed by atoms with Gasteiger partial charge in [-0.2, -0.15) is 13.2 Å². The zero-order chi connectivity index (χ0) is 17.6. The maximum Gasteiger partial charge on any atom is 0.391 e. The van der Waals surface area contributed by atoms with Crippen LogP contribution in [0.2, 0.25) is 0 Å². The number of halogens is 3. The van der Waals surface area contributed by atoms with Crippen LogP contribution in [0.3, 0.4) is 0 Å². The van der Waals surface area contributed by atoms with Gasteiger partial charge in [0.1, 0.15) is 0 Å². The lowest BCUT2D eigenvalue weighted by Gasteiger charge is -2.31. The summed E-state index contributed by atoms with van der Waals surface area (Å²) in [6.07, 6.45) is 1.98. The second kappa shape index (κ2) is 8.35. The highest BCUT2D eigenvalue weighted by Gasteiger charge is 2.42. The van der Waals surface area contributed by atoms with Gasteiger partial charge >= 0.3 is 6.18 Å². The van der Waals surface area contributed by atoms with E-state index in [4.69, 9.17) is 0 Å². The van der Waals surface area contributed by atoms with Crippen LogP contribution in [0.25, 0.3) is 0 Å². The molecule has 2 unspecified atom stereocenters. The molecule has 0 aliphatic heterocycles. The third-order valence-electron chi connectivity index (χ3n) is 4.52. The van der Waals surface area contributed by atoms with Gasteiger partial charge in [0.15, 0.2) is 5.96 Å². The van der Waals surface area contributed by atoms with Gasteiger partial charge in [-0.05, 0) is 49.8 Å². The number of aryl methyl sites for hydroxylation is 1. The van der Waals surface area contributed by atoms with Gasteiger partial charge in [0.2, 0.25) is 0 Å². The van der Waals surface area contributed by atoms with Crippen LogP contribution >= 0.6 is 0 Å². The number of aromatic nitrogens is 1. The quantitative estimate of drug-likeness (QED) is 0.652. The van der Waals surface area contributed by atoms with E-state index in [1.165, 1.54) is 5.56 Å². The summed E-state index contributed by atoms with van der Waals surface area (Å²) in [5, 5.41) is 6.32. The van der Waals surface area contributed by atoms with Gasteiger partial charge in [0.25, 0.3) is 0 Å². The Kier molecular flexibility index (Phi) is 6.45. The Morgan fingerprint density at radius 2 is 2.17 bits per heavy atom. The van der Waals surface area contributed by atoms with Crippen LogP contribution < -0.4 is 10.6 Å². The van der Waals surface area contributed by atoms with Crippen LogP contribution in [-0.2, 0) is 6.42 Å². The molecule has 1 aromatic heterocycles. The predicted octanol–water partition coefficient (Wildman–Crippen LogP) is 3.22. The number of alkyl halides is 3. The van der Waals surface area contributed by atoms with Crippen molar-refractivity contribution in [3.63, 3.8) is 0 Å². The summed E-state index contributed by atoms with van der Waals surface area (Å²) in [5.41, 5.74) is 2.32. The van der Waals surface area contributed by atoms with Crippen molar-refractivity contribution in [1.82, 2.24) is 15.6 Å². The van der Waals surface area contributed by atoms with Crippen LogP contribution in [0.15, 0.2) is 23.5 Å². The number of hydrogen-bond donors (Lipinski definition) is 2. The van der Waals surface area contributed by atoms with Crippen molar-refractivity contribution in [2.75, 3.05) is 13.6 Å². The van der Waals surface area contributed by atoms with E-state index in [1.54, 1.807) is 13.2 Å². The van der Waals surface area contributed by atoms with Crippen molar-refractivity contribution in [3.05, 3.63) is 29.6 Å². The summed E-state index contributed by atoms with van der Waals surface area (Å²) >= 11 is 0. The standard InChI is InChI=1S/C17H25F3N4/c1-12-11-22-8-6-13(12)7-9-23-16(21-2)24-15-5-3-4-14(10-15)17(18,19)20/h6,8,11,14-15H,3-5,7,9-10H2,1-2H3,(H2,21,23,24). The molecule has 1 saturated carbocycles. The topological polar surface area (TPSA) is 49.3 Å². The molecular weight excluding hydrogens is 317 g/mol. The molecule has 2 rings (SSSR count). The summed E-state index contributed by atoms with van der Waals surface area (Å²) < 4.78 is 38.7. The van der Waals surface area contributed by atoms with Gasteiger partial charge in [-0.25, -0.2) is 0 Å². The van der Waals surface area contributed by atoms with Gasteiger partial charge < -0.3 is 10.6 Å². The molecule has 2 N–H and O–H groups in total. The SMILES string of the molecule is CN=C(NCCc1ccncc1C)NC1CCCC(C(F)(F)F)C1. The monoisotopic (exact) mass is 342 g/mol. The molecule has 4 nitrogen and oxygen atoms in total. The first-order valence-corrected chi connectivity index (χ1v) is 8.33. The zero-order valence-corrected chi connectivity index (χ0v) is 14.2. The highest BCUT2D eigenvalue weighted by atomic mass is 19.4. The molecule has 1 aliphatic carbocycles. The molecule has 0 saturated heterocycles. The average Bonchev–Trinajstić information content (AvgIpc) is 2.55. The Bertz CT molecular complexity index is 557. The zero-order valence-electron chi connectivity index (χ0n) is 14.2. The van der Waals surface area contributed by atoms with Crippen LogP contribution in [-0.4, -0.2) is 36.8 Å². The molecule has 1 heterocycles. The highest BCUT2D eigenvalue weighted by Crippen LogP contribution is 2.37. The lowest BCUT2D eigenvalue weighted by Crippen LogP contribution is -2.47. The highest BCUT2D eigenvalue weighted by molar-refractivity contribution is 5.79. The third-order valence-corrected chi connectivity index (χ3v) is 4.52. The largest absolute Gasteiger partial charge is 0.391 e. The number of rotatable bonds is 4. The van der Waals surface area contributed by atoms with E-state index in [1.807, 2.05) is 19.2 Å². The predicted molar refractivity (Wildman–Crippen MR) is 89.0 cm³/mol. The van der Waals surface area contributed by atoms with E-state index in [9.17, 15) is 13.2 Å². The van der Waals surface area contributed by atoms with Gasteiger partial charge in [0.05, 0.1) is 5.92 Å². The number of aliphatic imine (C=N–C) groups is 1. The van der Waals surface area contributed by atoms with Gasteiger partial charge in [-0.3, -0.25) is 9.98 Å². The first kappa shape index (κ1) is 18.5. The van der Waals surface area contributed by atoms with Crippen molar-refractivity contribution in [3.8, 4) is 0 Å². The van der Waals surface area contributed by atoms with Crippen molar-refractivity contribution < 1.29 is 13.2 Å². The van der Waals surface area contributed by atoms with E-state index < -0.39 is 12.1 Å². The number of nitrogens with zero attached hydrogens (tertiary/aromatic N) is 2. The first-order valence-electron chi connectivity index (χ1n) is 8.33. The molecule has 0 radical (unpaired) electrons. The van der Waals surface area contributed by atoms with E-state index in [0.717, 1.165) is 18.4 Å². The second-order valence-electron chi connectivity index (χ2n) is 6.30. The Morgan fingerprint density at radius 3 is 2.83 bits per heavy atom. The number of hydrogen-bond acceptors (Lipinski definition) is 2. The second-order valence-corrected chi connectivity index (χ2v) is 6.30. The van der Waals surface area contributed by atoms with Crippen molar-refractivity contribution >= 4 is 5.96 Å². The average molecular weight is 342 g/mol. The van der Waals surface area contributed by atoms with Crippen LogP contribution in [0.1, 0.15) is 36.8 Å². The molecule has 0 spiro atoms. The van der Waals surface area contributed by atoms with Gasteiger partial charge in [-0.1, -0.05) is 6.42 Å². The van der Waals surface area contributed by atoms with E-state index in [0.29, 0.717) is 18.9 Å². The summed E-state index contributed by atoms with van der Waals surface area (Å²) in [7, 11) is 1.64. The minimum absolute atomic E-state index is 0.119. The van der Waals surface area contributed by atoms with E-state index >= 15 is 0 Å². The molecule has 1 aliphatic rings. The molecule has 24 heavy (non-hydrogen) atoms. The van der Waals surface area contributed by atoms with Gasteiger partial charge in [0, 0.05) is 32.0 Å².